The van der Waals surface area contributed by atoms with Crippen molar-refractivity contribution in [1.29, 1.82) is 0 Å². The van der Waals surface area contributed by atoms with Gasteiger partial charge in [0.05, 0.1) is 16.9 Å². The van der Waals surface area contributed by atoms with Crippen molar-refractivity contribution in [2.45, 2.75) is 52.4 Å². The van der Waals surface area contributed by atoms with Gasteiger partial charge in [-0.15, -0.1) is 0 Å². The van der Waals surface area contributed by atoms with Gasteiger partial charge in [-0.2, -0.15) is 5.10 Å². The highest BCUT2D eigenvalue weighted by Crippen LogP contribution is 2.36. The Balaban J connectivity index is 1.35. The van der Waals surface area contributed by atoms with E-state index in [1.165, 1.54) is 5.56 Å². The Labute approximate surface area is 199 Å². The highest BCUT2D eigenvalue weighted by molar-refractivity contribution is 6.62. The maximum Gasteiger partial charge on any atom is 0.494 e. The second kappa shape index (κ2) is 7.86. The quantitative estimate of drug-likeness (QED) is 0.466. The van der Waals surface area contributed by atoms with Gasteiger partial charge in [0.1, 0.15) is 0 Å². The predicted octanol–water partition coefficient (Wildman–Crippen LogP) is 3.58. The molecule has 0 saturated carbocycles. The fourth-order valence-corrected chi connectivity index (χ4v) is 4.27. The lowest BCUT2D eigenvalue weighted by Crippen LogP contribution is -2.41. The van der Waals surface area contributed by atoms with Gasteiger partial charge in [0.15, 0.2) is 5.69 Å². The molecule has 5 rings (SSSR count). The number of nitrogens with two attached hydrogens (primary N) is 1. The summed E-state index contributed by atoms with van der Waals surface area (Å²) in [6, 6.07) is 18.3. The van der Waals surface area contributed by atoms with Crippen LogP contribution in [-0.2, 0) is 15.9 Å². The zero-order valence-corrected chi connectivity index (χ0v) is 20.2. The highest BCUT2D eigenvalue weighted by Gasteiger charge is 2.51. The molecule has 1 aliphatic heterocycles. The number of amides is 1. The van der Waals surface area contributed by atoms with Crippen LogP contribution in [0.15, 0.2) is 60.8 Å². The SMILES string of the molecule is Cc1cc(C(N)=O)nn1-c1ccc2c(ccn2Cc2ccc(B3OC(C)(C)C(C)(C)O3)cc2)c1. The van der Waals surface area contributed by atoms with Crippen LogP contribution in [-0.4, -0.2) is 38.6 Å². The molecule has 0 bridgehead atoms. The number of primary amides is 1. The van der Waals surface area contributed by atoms with Crippen LogP contribution in [0.25, 0.3) is 16.6 Å². The van der Waals surface area contributed by atoms with Crippen molar-refractivity contribution >= 4 is 29.4 Å². The number of rotatable bonds is 5. The highest BCUT2D eigenvalue weighted by atomic mass is 16.7. The number of aromatic nitrogens is 3. The van der Waals surface area contributed by atoms with E-state index in [0.717, 1.165) is 34.3 Å². The Morgan fingerprint density at radius 3 is 2.29 bits per heavy atom. The minimum Gasteiger partial charge on any atom is -0.399 e. The molecule has 2 aromatic heterocycles. The molecular weight excluding hydrogens is 427 g/mol. The lowest BCUT2D eigenvalue weighted by atomic mass is 9.79. The molecule has 2 N–H and O–H groups in total. The first-order valence-corrected chi connectivity index (χ1v) is 11.4. The van der Waals surface area contributed by atoms with Crippen molar-refractivity contribution in [3.63, 3.8) is 0 Å². The van der Waals surface area contributed by atoms with Gasteiger partial charge in [0.25, 0.3) is 5.91 Å². The molecule has 174 valence electrons. The van der Waals surface area contributed by atoms with E-state index < -0.39 is 5.91 Å². The molecular formula is C26H29BN4O3. The summed E-state index contributed by atoms with van der Waals surface area (Å²) in [4.78, 5) is 11.5. The van der Waals surface area contributed by atoms with E-state index in [2.05, 4.69) is 86.0 Å². The van der Waals surface area contributed by atoms with Gasteiger partial charge in [-0.3, -0.25) is 4.79 Å². The molecule has 2 aromatic carbocycles. The third-order valence-electron chi connectivity index (χ3n) is 7.00. The van der Waals surface area contributed by atoms with Gasteiger partial charge in [-0.25, -0.2) is 4.68 Å². The first-order valence-electron chi connectivity index (χ1n) is 11.4. The molecule has 1 fully saturated rings. The molecule has 8 heteroatoms. The van der Waals surface area contributed by atoms with Crippen molar-refractivity contribution < 1.29 is 14.1 Å². The van der Waals surface area contributed by atoms with E-state index in [-0.39, 0.29) is 24.0 Å². The largest absolute Gasteiger partial charge is 0.494 e. The first-order chi connectivity index (χ1) is 16.0. The number of aryl methyl sites for hydroxylation is 1. The Bertz CT molecular complexity index is 1370. The first kappa shape index (κ1) is 22.4. The van der Waals surface area contributed by atoms with Crippen molar-refractivity contribution in [1.82, 2.24) is 14.3 Å². The fourth-order valence-electron chi connectivity index (χ4n) is 4.27. The second-order valence-corrected chi connectivity index (χ2v) is 9.96. The zero-order valence-electron chi connectivity index (χ0n) is 20.2. The van der Waals surface area contributed by atoms with Gasteiger partial charge in [-0.1, -0.05) is 24.3 Å². The predicted molar refractivity (Wildman–Crippen MR) is 134 cm³/mol. The molecule has 1 amide bonds. The summed E-state index contributed by atoms with van der Waals surface area (Å²) in [5, 5.41) is 5.43. The summed E-state index contributed by atoms with van der Waals surface area (Å²) in [5.41, 5.74) is 10.0. The van der Waals surface area contributed by atoms with E-state index in [4.69, 9.17) is 15.0 Å². The van der Waals surface area contributed by atoms with Gasteiger partial charge < -0.3 is 19.6 Å². The molecule has 3 heterocycles. The number of benzene rings is 2. The maximum absolute atomic E-state index is 11.5. The van der Waals surface area contributed by atoms with E-state index in [1.807, 2.05) is 13.0 Å². The Hall–Kier alpha value is -3.36. The number of hydrogen-bond donors (Lipinski definition) is 1. The van der Waals surface area contributed by atoms with Crippen LogP contribution in [0, 0.1) is 6.92 Å². The maximum atomic E-state index is 11.5. The van der Waals surface area contributed by atoms with Crippen molar-refractivity contribution in [2.24, 2.45) is 5.73 Å². The summed E-state index contributed by atoms with van der Waals surface area (Å²) in [6.45, 7) is 10.9. The summed E-state index contributed by atoms with van der Waals surface area (Å²) >= 11 is 0. The van der Waals surface area contributed by atoms with Gasteiger partial charge in [0, 0.05) is 29.3 Å². The standard InChI is InChI=1S/C26H29BN4O3/c1-17-14-22(24(28)32)29-31(17)21-10-11-23-19(15-21)12-13-30(23)16-18-6-8-20(9-7-18)27-33-25(2,3)26(4,5)34-27/h6-15H,16H2,1-5H3,(H2,28,32). The van der Waals surface area contributed by atoms with E-state index in [0.29, 0.717) is 0 Å². The molecule has 0 aliphatic carbocycles. The lowest BCUT2D eigenvalue weighted by Gasteiger charge is -2.32. The average molecular weight is 456 g/mol. The van der Waals surface area contributed by atoms with Gasteiger partial charge in [-0.05, 0) is 76.0 Å². The Morgan fingerprint density at radius 2 is 1.68 bits per heavy atom. The van der Waals surface area contributed by atoms with Crippen molar-refractivity contribution in [2.75, 3.05) is 0 Å². The Morgan fingerprint density at radius 1 is 1.00 bits per heavy atom. The van der Waals surface area contributed by atoms with Crippen LogP contribution in [0.5, 0.6) is 0 Å². The summed E-state index contributed by atoms with van der Waals surface area (Å²) in [5.74, 6) is -0.529. The minimum atomic E-state index is -0.529. The molecule has 1 aliphatic rings. The molecule has 4 aromatic rings. The number of carbonyl (C=O) groups is 1. The minimum absolute atomic E-state index is 0.263. The molecule has 1 saturated heterocycles. The summed E-state index contributed by atoms with van der Waals surface area (Å²) in [6.07, 6.45) is 2.08. The fraction of sp³-hybridized carbons (Fsp3) is 0.308. The van der Waals surface area contributed by atoms with Crippen LogP contribution < -0.4 is 11.2 Å². The zero-order chi connectivity index (χ0) is 24.3. The normalized spacial score (nSPS) is 16.9. The van der Waals surface area contributed by atoms with Crippen LogP contribution in [0.1, 0.15) is 49.4 Å². The third kappa shape index (κ3) is 3.83. The van der Waals surface area contributed by atoms with Crippen LogP contribution >= 0.6 is 0 Å². The smallest absolute Gasteiger partial charge is 0.399 e. The van der Waals surface area contributed by atoms with Crippen molar-refractivity contribution in [3.05, 3.63) is 77.7 Å². The van der Waals surface area contributed by atoms with E-state index in [9.17, 15) is 4.79 Å². The van der Waals surface area contributed by atoms with Crippen LogP contribution in [0.3, 0.4) is 0 Å². The summed E-state index contributed by atoms with van der Waals surface area (Å²) < 4.78 is 16.3. The molecule has 0 spiro atoms. The average Bonchev–Trinajstić information content (AvgIpc) is 3.42. The molecule has 7 nitrogen and oxygen atoms in total. The topological polar surface area (TPSA) is 84.3 Å². The van der Waals surface area contributed by atoms with Crippen LogP contribution in [0.4, 0.5) is 0 Å². The number of fused-ring (bicyclic) bond motifs is 1. The number of nitrogens with zero attached hydrogens (tertiary/aromatic N) is 3. The molecule has 0 atom stereocenters. The number of carbonyl (C=O) groups excluding carboxylic acids is 1. The van der Waals surface area contributed by atoms with Crippen molar-refractivity contribution in [3.8, 4) is 5.69 Å². The monoisotopic (exact) mass is 456 g/mol. The molecule has 34 heavy (non-hydrogen) atoms. The number of hydrogen-bond acceptors (Lipinski definition) is 4. The molecule has 0 radical (unpaired) electrons. The van der Waals surface area contributed by atoms with E-state index >= 15 is 0 Å². The van der Waals surface area contributed by atoms with Gasteiger partial charge in [0.2, 0.25) is 0 Å². The summed E-state index contributed by atoms with van der Waals surface area (Å²) in [7, 11) is -0.356. The Kier molecular flexibility index (Phi) is 5.18. The van der Waals surface area contributed by atoms with E-state index in [1.54, 1.807) is 10.7 Å². The molecule has 0 unspecified atom stereocenters. The second-order valence-electron chi connectivity index (χ2n) is 9.96. The van der Waals surface area contributed by atoms with Gasteiger partial charge >= 0.3 is 7.12 Å². The third-order valence-corrected chi connectivity index (χ3v) is 7.00. The van der Waals surface area contributed by atoms with Crippen LogP contribution in [0.2, 0.25) is 0 Å². The lowest BCUT2D eigenvalue weighted by molar-refractivity contribution is 0.00578.